The van der Waals surface area contributed by atoms with Gasteiger partial charge in [0.1, 0.15) is 0 Å². The summed E-state index contributed by atoms with van der Waals surface area (Å²) in [4.78, 5) is 0. The molecule has 1 saturated heterocycles. The van der Waals surface area contributed by atoms with E-state index < -0.39 is 0 Å². The highest BCUT2D eigenvalue weighted by atomic mass is 16.5. The zero-order chi connectivity index (χ0) is 12.9. The summed E-state index contributed by atoms with van der Waals surface area (Å²) in [6.45, 7) is 1.88. The fourth-order valence-electron chi connectivity index (χ4n) is 3.52. The number of hydrogen-bond acceptors (Lipinski definition) is 2. The standard InChI is InChI=1S/C17H25NO/c1-2-4-14(5-3-1)15-6-8-16(9-7-15)18-17-10-12-19-13-11-17/h1-5,15-18H,6-13H2. The first-order chi connectivity index (χ1) is 9.42. The predicted molar refractivity (Wildman–Crippen MR) is 78.4 cm³/mol. The molecule has 1 heterocycles. The quantitative estimate of drug-likeness (QED) is 0.897. The van der Waals surface area contributed by atoms with Crippen molar-refractivity contribution in [3.63, 3.8) is 0 Å². The lowest BCUT2D eigenvalue weighted by Gasteiger charge is -2.33. The van der Waals surface area contributed by atoms with Crippen molar-refractivity contribution < 1.29 is 4.74 Å². The van der Waals surface area contributed by atoms with Crippen molar-refractivity contribution in [3.8, 4) is 0 Å². The summed E-state index contributed by atoms with van der Waals surface area (Å²) < 4.78 is 5.42. The van der Waals surface area contributed by atoms with Gasteiger partial charge in [-0.15, -0.1) is 0 Å². The van der Waals surface area contributed by atoms with Crippen molar-refractivity contribution >= 4 is 0 Å². The van der Waals surface area contributed by atoms with Gasteiger partial charge in [-0.2, -0.15) is 0 Å². The molecule has 0 atom stereocenters. The summed E-state index contributed by atoms with van der Waals surface area (Å²) in [5.41, 5.74) is 1.53. The number of nitrogens with one attached hydrogen (secondary N) is 1. The SMILES string of the molecule is c1ccc(C2CCC(NC3CCOCC3)CC2)cc1. The normalized spacial score (nSPS) is 29.3. The van der Waals surface area contributed by atoms with Crippen molar-refractivity contribution in [2.45, 2.75) is 56.5 Å². The van der Waals surface area contributed by atoms with Crippen LogP contribution in [0.1, 0.15) is 50.0 Å². The molecule has 2 aliphatic rings. The first-order valence-electron chi connectivity index (χ1n) is 7.80. The summed E-state index contributed by atoms with van der Waals surface area (Å²) in [6.07, 6.45) is 7.72. The third-order valence-corrected chi connectivity index (χ3v) is 4.69. The third kappa shape index (κ3) is 3.58. The Balaban J connectivity index is 1.46. The molecule has 1 aromatic carbocycles. The molecule has 2 nitrogen and oxygen atoms in total. The lowest BCUT2D eigenvalue weighted by atomic mass is 9.81. The third-order valence-electron chi connectivity index (χ3n) is 4.69. The summed E-state index contributed by atoms with van der Waals surface area (Å²) >= 11 is 0. The number of hydrogen-bond donors (Lipinski definition) is 1. The fraction of sp³-hybridized carbons (Fsp3) is 0.647. The van der Waals surface area contributed by atoms with E-state index in [0.29, 0.717) is 6.04 Å². The van der Waals surface area contributed by atoms with Gasteiger partial charge < -0.3 is 10.1 Å². The van der Waals surface area contributed by atoms with Crippen LogP contribution in [0.25, 0.3) is 0 Å². The van der Waals surface area contributed by atoms with Crippen LogP contribution in [0.2, 0.25) is 0 Å². The van der Waals surface area contributed by atoms with Gasteiger partial charge in [0.15, 0.2) is 0 Å². The van der Waals surface area contributed by atoms with Crippen LogP contribution in [0.4, 0.5) is 0 Å². The molecule has 1 aliphatic carbocycles. The van der Waals surface area contributed by atoms with Gasteiger partial charge in [0.05, 0.1) is 0 Å². The summed E-state index contributed by atoms with van der Waals surface area (Å²) in [6, 6.07) is 12.5. The average Bonchev–Trinajstić information content (AvgIpc) is 2.50. The van der Waals surface area contributed by atoms with Gasteiger partial charge >= 0.3 is 0 Å². The summed E-state index contributed by atoms with van der Waals surface area (Å²) in [7, 11) is 0. The van der Waals surface area contributed by atoms with Crippen LogP contribution in [-0.2, 0) is 4.74 Å². The van der Waals surface area contributed by atoms with Crippen LogP contribution >= 0.6 is 0 Å². The first kappa shape index (κ1) is 13.1. The Morgan fingerprint density at radius 2 is 1.42 bits per heavy atom. The molecule has 0 aromatic heterocycles. The van der Waals surface area contributed by atoms with E-state index in [1.165, 1.54) is 44.1 Å². The molecule has 3 rings (SSSR count). The zero-order valence-electron chi connectivity index (χ0n) is 11.7. The molecule has 0 bridgehead atoms. The van der Waals surface area contributed by atoms with Crippen molar-refractivity contribution in [1.82, 2.24) is 5.32 Å². The minimum atomic E-state index is 0.701. The van der Waals surface area contributed by atoms with E-state index in [-0.39, 0.29) is 0 Å². The molecule has 0 spiro atoms. The highest BCUT2D eigenvalue weighted by Crippen LogP contribution is 2.33. The van der Waals surface area contributed by atoms with Gasteiger partial charge in [-0.3, -0.25) is 0 Å². The number of ether oxygens (including phenoxy) is 1. The van der Waals surface area contributed by atoms with E-state index in [2.05, 4.69) is 35.6 Å². The smallest absolute Gasteiger partial charge is 0.0480 e. The maximum atomic E-state index is 5.42. The maximum Gasteiger partial charge on any atom is 0.0480 e. The lowest BCUT2D eigenvalue weighted by Crippen LogP contribution is -2.43. The monoisotopic (exact) mass is 259 g/mol. The Hall–Kier alpha value is -0.860. The number of benzene rings is 1. The van der Waals surface area contributed by atoms with Crippen molar-refractivity contribution in [1.29, 1.82) is 0 Å². The van der Waals surface area contributed by atoms with Crippen LogP contribution in [-0.4, -0.2) is 25.3 Å². The van der Waals surface area contributed by atoms with Gasteiger partial charge in [0.25, 0.3) is 0 Å². The highest BCUT2D eigenvalue weighted by molar-refractivity contribution is 5.20. The van der Waals surface area contributed by atoms with E-state index in [9.17, 15) is 0 Å². The maximum absolute atomic E-state index is 5.42. The summed E-state index contributed by atoms with van der Waals surface area (Å²) in [5.74, 6) is 0.786. The van der Waals surface area contributed by atoms with Gasteiger partial charge in [-0.05, 0) is 50.0 Å². The Kier molecular flexibility index (Phi) is 4.52. The molecule has 104 valence electrons. The lowest BCUT2D eigenvalue weighted by molar-refractivity contribution is 0.0729. The van der Waals surface area contributed by atoms with Crippen LogP contribution < -0.4 is 5.32 Å². The second-order valence-electron chi connectivity index (χ2n) is 6.01. The van der Waals surface area contributed by atoms with Gasteiger partial charge in [-0.1, -0.05) is 30.3 Å². The molecule has 1 aromatic rings. The Morgan fingerprint density at radius 1 is 0.789 bits per heavy atom. The van der Waals surface area contributed by atoms with Gasteiger partial charge in [0.2, 0.25) is 0 Å². The van der Waals surface area contributed by atoms with E-state index >= 15 is 0 Å². The zero-order valence-corrected chi connectivity index (χ0v) is 11.7. The molecule has 0 amide bonds. The van der Waals surface area contributed by atoms with Crippen molar-refractivity contribution in [2.24, 2.45) is 0 Å². The van der Waals surface area contributed by atoms with E-state index in [4.69, 9.17) is 4.74 Å². The molecule has 0 radical (unpaired) electrons. The molecule has 2 heteroatoms. The molecular weight excluding hydrogens is 234 g/mol. The minimum Gasteiger partial charge on any atom is -0.381 e. The van der Waals surface area contributed by atoms with Crippen LogP contribution in [0, 0.1) is 0 Å². The molecule has 2 fully saturated rings. The Labute approximate surface area is 116 Å². The fourth-order valence-corrected chi connectivity index (χ4v) is 3.52. The topological polar surface area (TPSA) is 21.3 Å². The molecule has 1 N–H and O–H groups in total. The Morgan fingerprint density at radius 3 is 2.11 bits per heavy atom. The van der Waals surface area contributed by atoms with Crippen molar-refractivity contribution in [3.05, 3.63) is 35.9 Å². The van der Waals surface area contributed by atoms with E-state index in [1.807, 2.05) is 0 Å². The second-order valence-corrected chi connectivity index (χ2v) is 6.01. The van der Waals surface area contributed by atoms with Crippen LogP contribution in [0.5, 0.6) is 0 Å². The molecule has 19 heavy (non-hydrogen) atoms. The summed E-state index contributed by atoms with van der Waals surface area (Å²) in [5, 5.41) is 3.85. The minimum absolute atomic E-state index is 0.701. The van der Waals surface area contributed by atoms with Crippen LogP contribution in [0.15, 0.2) is 30.3 Å². The largest absolute Gasteiger partial charge is 0.381 e. The van der Waals surface area contributed by atoms with Crippen molar-refractivity contribution in [2.75, 3.05) is 13.2 Å². The van der Waals surface area contributed by atoms with Gasteiger partial charge in [-0.25, -0.2) is 0 Å². The van der Waals surface area contributed by atoms with E-state index in [0.717, 1.165) is 25.2 Å². The second kappa shape index (κ2) is 6.53. The highest BCUT2D eigenvalue weighted by Gasteiger charge is 2.24. The predicted octanol–water partition coefficient (Wildman–Crippen LogP) is 3.48. The molecular formula is C17H25NO. The first-order valence-corrected chi connectivity index (χ1v) is 7.80. The molecule has 1 saturated carbocycles. The van der Waals surface area contributed by atoms with E-state index in [1.54, 1.807) is 0 Å². The average molecular weight is 259 g/mol. The number of rotatable bonds is 3. The molecule has 0 unspecified atom stereocenters. The molecule has 1 aliphatic heterocycles. The van der Waals surface area contributed by atoms with Crippen LogP contribution in [0.3, 0.4) is 0 Å². The van der Waals surface area contributed by atoms with Gasteiger partial charge in [0, 0.05) is 25.3 Å². The Bertz CT molecular complexity index is 364.